The number of sulfonamides is 1. The summed E-state index contributed by atoms with van der Waals surface area (Å²) < 4.78 is 48.5. The summed E-state index contributed by atoms with van der Waals surface area (Å²) in [5.41, 5.74) is 7.05. The third-order valence-corrected chi connectivity index (χ3v) is 4.94. The molecular formula is C15H18N4O5S2. The fraction of sp³-hybridized carbons (Fsp3) is 0.133. The van der Waals surface area contributed by atoms with Crippen LogP contribution >= 0.6 is 0 Å². The van der Waals surface area contributed by atoms with Crippen LogP contribution in [0.25, 0.3) is 0 Å². The Bertz CT molecular complexity index is 883. The highest BCUT2D eigenvalue weighted by Gasteiger charge is 2.11. The topological polar surface area (TPSA) is 151 Å². The first kappa shape index (κ1) is 19.7. The van der Waals surface area contributed by atoms with Crippen molar-refractivity contribution in [1.82, 2.24) is 0 Å². The predicted molar refractivity (Wildman–Crippen MR) is 102 cm³/mol. The average molecular weight is 398 g/mol. The van der Waals surface area contributed by atoms with Gasteiger partial charge in [0, 0.05) is 17.1 Å². The molecule has 0 aliphatic rings. The SMILES string of the molecule is NC(=O)Nc1ccc(NS(=O)(=O)CCc2ccc(NS(=O)O)cc2)cc1. The zero-order valence-corrected chi connectivity index (χ0v) is 15.1. The van der Waals surface area contributed by atoms with E-state index in [-0.39, 0.29) is 12.2 Å². The van der Waals surface area contributed by atoms with Crippen molar-refractivity contribution in [2.24, 2.45) is 5.73 Å². The molecule has 1 atom stereocenters. The summed E-state index contributed by atoms with van der Waals surface area (Å²) >= 11 is -2.15. The molecule has 6 N–H and O–H groups in total. The molecule has 0 aromatic heterocycles. The Labute approximate surface area is 153 Å². The van der Waals surface area contributed by atoms with Gasteiger partial charge in [0.15, 0.2) is 0 Å². The lowest BCUT2D eigenvalue weighted by molar-refractivity contribution is 0.259. The molecule has 0 saturated carbocycles. The molecular weight excluding hydrogens is 380 g/mol. The molecule has 2 aromatic rings. The van der Waals surface area contributed by atoms with Gasteiger partial charge in [-0.3, -0.25) is 14.0 Å². The number of rotatable bonds is 8. The number of anilines is 3. The van der Waals surface area contributed by atoms with Gasteiger partial charge in [0.2, 0.25) is 10.0 Å². The number of urea groups is 1. The van der Waals surface area contributed by atoms with E-state index in [0.29, 0.717) is 17.1 Å². The highest BCUT2D eigenvalue weighted by Crippen LogP contribution is 2.16. The lowest BCUT2D eigenvalue weighted by atomic mass is 10.2. The van der Waals surface area contributed by atoms with Crippen molar-refractivity contribution in [3.05, 3.63) is 54.1 Å². The van der Waals surface area contributed by atoms with Crippen LogP contribution in [-0.4, -0.2) is 29.0 Å². The number of hydrogen-bond donors (Lipinski definition) is 5. The number of carbonyl (C=O) groups excluding carboxylic acids is 1. The van der Waals surface area contributed by atoms with E-state index in [0.717, 1.165) is 5.56 Å². The third kappa shape index (κ3) is 6.70. The number of primary amides is 1. The second kappa shape index (κ2) is 8.65. The predicted octanol–water partition coefficient (Wildman–Crippen LogP) is 1.71. The maximum absolute atomic E-state index is 12.2. The van der Waals surface area contributed by atoms with Gasteiger partial charge in [-0.05, 0) is 48.4 Å². The molecule has 2 rings (SSSR count). The first-order valence-corrected chi connectivity index (χ1v) is 10.1. The maximum atomic E-state index is 12.2. The number of aryl methyl sites for hydroxylation is 1. The van der Waals surface area contributed by atoms with E-state index in [4.69, 9.17) is 10.3 Å². The van der Waals surface area contributed by atoms with Gasteiger partial charge in [-0.2, -0.15) is 0 Å². The van der Waals surface area contributed by atoms with Crippen LogP contribution < -0.4 is 20.5 Å². The molecule has 0 aliphatic carbocycles. The molecule has 0 radical (unpaired) electrons. The molecule has 0 heterocycles. The number of amides is 2. The highest BCUT2D eigenvalue weighted by atomic mass is 32.2. The fourth-order valence-corrected chi connectivity index (χ4v) is 3.53. The van der Waals surface area contributed by atoms with E-state index in [1.165, 1.54) is 24.3 Å². The molecule has 140 valence electrons. The van der Waals surface area contributed by atoms with Crippen LogP contribution in [0, 0.1) is 0 Å². The van der Waals surface area contributed by atoms with Gasteiger partial charge in [-0.15, -0.1) is 0 Å². The van der Waals surface area contributed by atoms with Crippen molar-refractivity contribution in [1.29, 1.82) is 0 Å². The Morgan fingerprint density at radius 2 is 1.54 bits per heavy atom. The zero-order valence-electron chi connectivity index (χ0n) is 13.5. The van der Waals surface area contributed by atoms with E-state index in [1.807, 2.05) is 0 Å². The number of hydrogen-bond acceptors (Lipinski definition) is 4. The molecule has 0 aliphatic heterocycles. The van der Waals surface area contributed by atoms with Crippen LogP contribution in [-0.2, 0) is 27.7 Å². The summed E-state index contributed by atoms with van der Waals surface area (Å²) in [5, 5.41) is 2.38. The highest BCUT2D eigenvalue weighted by molar-refractivity contribution is 7.92. The molecule has 2 amide bonds. The number of nitrogens with two attached hydrogens (primary N) is 1. The van der Waals surface area contributed by atoms with Gasteiger partial charge in [-0.1, -0.05) is 12.1 Å². The quantitative estimate of drug-likeness (QED) is 0.429. The van der Waals surface area contributed by atoms with Gasteiger partial charge < -0.3 is 11.1 Å². The largest absolute Gasteiger partial charge is 0.351 e. The van der Waals surface area contributed by atoms with Gasteiger partial charge >= 0.3 is 6.03 Å². The van der Waals surface area contributed by atoms with Crippen LogP contribution in [0.4, 0.5) is 21.9 Å². The van der Waals surface area contributed by atoms with Gasteiger partial charge in [0.05, 0.1) is 5.75 Å². The summed E-state index contributed by atoms with van der Waals surface area (Å²) in [6.07, 6.45) is 0.277. The molecule has 0 spiro atoms. The van der Waals surface area contributed by atoms with Crippen LogP contribution in [0.2, 0.25) is 0 Å². The van der Waals surface area contributed by atoms with E-state index < -0.39 is 27.3 Å². The Morgan fingerprint density at radius 3 is 2.08 bits per heavy atom. The first-order valence-electron chi connectivity index (χ1n) is 7.37. The minimum atomic E-state index is -3.56. The summed E-state index contributed by atoms with van der Waals surface area (Å²) in [6.45, 7) is 0. The number of benzene rings is 2. The minimum absolute atomic E-state index is 0.132. The molecule has 26 heavy (non-hydrogen) atoms. The van der Waals surface area contributed by atoms with Gasteiger partial charge in [0.25, 0.3) is 11.3 Å². The Balaban J connectivity index is 1.92. The zero-order chi connectivity index (χ0) is 19.2. The van der Waals surface area contributed by atoms with Crippen molar-refractivity contribution >= 4 is 44.4 Å². The van der Waals surface area contributed by atoms with Gasteiger partial charge in [-0.25, -0.2) is 17.4 Å². The lowest BCUT2D eigenvalue weighted by Crippen LogP contribution is -2.20. The van der Waals surface area contributed by atoms with E-state index in [2.05, 4.69) is 14.8 Å². The normalized spacial score (nSPS) is 12.2. The van der Waals surface area contributed by atoms with Crippen molar-refractivity contribution < 1.29 is 22.0 Å². The fourth-order valence-electron chi connectivity index (χ4n) is 2.09. The van der Waals surface area contributed by atoms with Crippen molar-refractivity contribution in [3.63, 3.8) is 0 Å². The molecule has 11 heteroatoms. The van der Waals surface area contributed by atoms with Crippen LogP contribution in [0.3, 0.4) is 0 Å². The minimum Gasteiger partial charge on any atom is -0.351 e. The second-order valence-corrected chi connectivity index (χ2v) is 7.83. The van der Waals surface area contributed by atoms with Crippen molar-refractivity contribution in [2.45, 2.75) is 6.42 Å². The summed E-state index contributed by atoms with van der Waals surface area (Å²) in [5.74, 6) is -0.132. The first-order chi connectivity index (χ1) is 12.2. The Hall–Kier alpha value is -2.63. The van der Waals surface area contributed by atoms with Crippen LogP contribution in [0.15, 0.2) is 48.5 Å². The standard InChI is InChI=1S/C15H18N4O5S2/c16-15(20)17-12-5-7-14(8-6-12)19-26(23,24)10-9-11-1-3-13(4-2-11)18-25(21)22/h1-8,18-19H,9-10H2,(H,21,22)(H3,16,17,20). The summed E-state index contributed by atoms with van der Waals surface area (Å²) in [6, 6.07) is 11.9. The summed E-state index contributed by atoms with van der Waals surface area (Å²) in [4.78, 5) is 10.7. The van der Waals surface area contributed by atoms with E-state index in [9.17, 15) is 17.4 Å². The van der Waals surface area contributed by atoms with E-state index >= 15 is 0 Å². The number of nitrogens with one attached hydrogen (secondary N) is 3. The van der Waals surface area contributed by atoms with Crippen molar-refractivity contribution in [2.75, 3.05) is 20.5 Å². The smallest absolute Gasteiger partial charge is 0.316 e. The third-order valence-electron chi connectivity index (χ3n) is 3.24. The maximum Gasteiger partial charge on any atom is 0.316 e. The van der Waals surface area contributed by atoms with Crippen molar-refractivity contribution in [3.8, 4) is 0 Å². The van der Waals surface area contributed by atoms with E-state index in [1.54, 1.807) is 24.3 Å². The lowest BCUT2D eigenvalue weighted by Gasteiger charge is -2.09. The molecule has 0 fully saturated rings. The van der Waals surface area contributed by atoms with Gasteiger partial charge in [0.1, 0.15) is 0 Å². The summed E-state index contributed by atoms with van der Waals surface area (Å²) in [7, 11) is -3.56. The molecule has 2 aromatic carbocycles. The average Bonchev–Trinajstić information content (AvgIpc) is 2.55. The molecule has 9 nitrogen and oxygen atoms in total. The molecule has 0 saturated heterocycles. The monoisotopic (exact) mass is 398 g/mol. The second-order valence-electron chi connectivity index (χ2n) is 5.29. The van der Waals surface area contributed by atoms with Crippen LogP contribution in [0.5, 0.6) is 0 Å². The number of carbonyl (C=O) groups is 1. The Morgan fingerprint density at radius 1 is 1.00 bits per heavy atom. The Kier molecular flexibility index (Phi) is 6.55. The molecule has 0 bridgehead atoms. The molecule has 1 unspecified atom stereocenters. The van der Waals surface area contributed by atoms with Crippen LogP contribution in [0.1, 0.15) is 5.56 Å².